The van der Waals surface area contributed by atoms with Gasteiger partial charge in [0.05, 0.1) is 0 Å². The molecule has 49 valence electrons. The molecule has 0 aromatic heterocycles. The van der Waals surface area contributed by atoms with Crippen molar-refractivity contribution in [2.45, 2.75) is 25.7 Å². The van der Waals surface area contributed by atoms with Crippen molar-refractivity contribution in [3.8, 4) is 0 Å². The van der Waals surface area contributed by atoms with Crippen LogP contribution in [0.5, 0.6) is 0 Å². The standard InChI is InChI=1S/C9H13/c1-7-5-8-3-2-4-9(8)6-7/h5,8-9H,1-4,6H2. The molecule has 0 aromatic carbocycles. The molecule has 2 atom stereocenters. The van der Waals surface area contributed by atoms with Crippen LogP contribution in [0.1, 0.15) is 25.7 Å². The number of hydrogen-bond donors (Lipinski definition) is 0. The lowest BCUT2D eigenvalue weighted by molar-refractivity contribution is 0.493. The third-order valence-corrected chi connectivity index (χ3v) is 2.69. The fraction of sp³-hybridized carbons (Fsp3) is 0.667. The van der Waals surface area contributed by atoms with Crippen molar-refractivity contribution in [2.75, 3.05) is 0 Å². The summed E-state index contributed by atoms with van der Waals surface area (Å²) in [5.74, 6) is 1.93. The van der Waals surface area contributed by atoms with Gasteiger partial charge in [-0.2, -0.15) is 0 Å². The summed E-state index contributed by atoms with van der Waals surface area (Å²) in [7, 11) is 0. The zero-order chi connectivity index (χ0) is 6.27. The van der Waals surface area contributed by atoms with E-state index in [9.17, 15) is 0 Å². The molecule has 0 heteroatoms. The van der Waals surface area contributed by atoms with Crippen LogP contribution < -0.4 is 0 Å². The summed E-state index contributed by atoms with van der Waals surface area (Å²) >= 11 is 0. The van der Waals surface area contributed by atoms with Crippen LogP contribution in [-0.4, -0.2) is 0 Å². The van der Waals surface area contributed by atoms with Gasteiger partial charge in [-0.05, 0) is 38.0 Å². The molecule has 0 heterocycles. The van der Waals surface area contributed by atoms with E-state index in [1.165, 1.54) is 31.3 Å². The highest BCUT2D eigenvalue weighted by Crippen LogP contribution is 2.42. The van der Waals surface area contributed by atoms with Crippen molar-refractivity contribution >= 4 is 0 Å². The lowest BCUT2D eigenvalue weighted by atomic mass is 10.00. The van der Waals surface area contributed by atoms with Gasteiger partial charge < -0.3 is 0 Å². The Bertz CT molecular complexity index is 144. The summed E-state index contributed by atoms with van der Waals surface area (Å²) in [5.41, 5.74) is 1.39. The zero-order valence-electron chi connectivity index (χ0n) is 5.77. The molecule has 0 N–H and O–H groups in total. The van der Waals surface area contributed by atoms with Crippen molar-refractivity contribution in [1.29, 1.82) is 0 Å². The molecule has 2 aliphatic carbocycles. The lowest BCUT2D eigenvalue weighted by Crippen LogP contribution is -1.96. The van der Waals surface area contributed by atoms with Crippen molar-refractivity contribution < 1.29 is 0 Å². The van der Waals surface area contributed by atoms with Crippen molar-refractivity contribution in [2.24, 2.45) is 11.8 Å². The average Bonchev–Trinajstić information content (AvgIpc) is 2.22. The summed E-state index contributed by atoms with van der Waals surface area (Å²) in [6, 6.07) is 0. The van der Waals surface area contributed by atoms with E-state index in [4.69, 9.17) is 0 Å². The molecular formula is C9H13. The van der Waals surface area contributed by atoms with Crippen molar-refractivity contribution in [1.82, 2.24) is 0 Å². The third-order valence-electron chi connectivity index (χ3n) is 2.69. The zero-order valence-corrected chi connectivity index (χ0v) is 5.77. The maximum absolute atomic E-state index is 3.98. The van der Waals surface area contributed by atoms with E-state index in [-0.39, 0.29) is 0 Å². The van der Waals surface area contributed by atoms with E-state index in [1.54, 1.807) is 0 Å². The number of allylic oxidation sites excluding steroid dienone is 2. The highest BCUT2D eigenvalue weighted by molar-refractivity contribution is 5.17. The summed E-state index contributed by atoms with van der Waals surface area (Å²) in [4.78, 5) is 0. The molecule has 0 nitrogen and oxygen atoms in total. The highest BCUT2D eigenvalue weighted by atomic mass is 14.3. The Morgan fingerprint density at radius 1 is 1.44 bits per heavy atom. The monoisotopic (exact) mass is 121 g/mol. The number of fused-ring (bicyclic) bond motifs is 1. The molecule has 0 amide bonds. The van der Waals surface area contributed by atoms with E-state index in [0.717, 1.165) is 11.8 Å². The van der Waals surface area contributed by atoms with Gasteiger partial charge in [0, 0.05) is 0 Å². The van der Waals surface area contributed by atoms with Gasteiger partial charge in [-0.3, -0.25) is 0 Å². The van der Waals surface area contributed by atoms with Crippen molar-refractivity contribution in [3.05, 3.63) is 18.6 Å². The van der Waals surface area contributed by atoms with Gasteiger partial charge >= 0.3 is 0 Å². The molecule has 0 spiro atoms. The summed E-state index contributed by atoms with van der Waals surface area (Å²) in [6.07, 6.45) is 8.03. The fourth-order valence-electron chi connectivity index (χ4n) is 2.25. The molecule has 0 saturated heterocycles. The topological polar surface area (TPSA) is 0 Å². The molecule has 2 aliphatic rings. The second kappa shape index (κ2) is 1.86. The van der Waals surface area contributed by atoms with Crippen LogP contribution >= 0.6 is 0 Å². The minimum absolute atomic E-state index is 0.928. The first-order chi connectivity index (χ1) is 4.36. The predicted molar refractivity (Wildman–Crippen MR) is 38.9 cm³/mol. The molecule has 2 rings (SSSR count). The molecule has 1 saturated carbocycles. The molecule has 0 aromatic rings. The molecule has 9 heavy (non-hydrogen) atoms. The predicted octanol–water partition coefficient (Wildman–Crippen LogP) is 2.57. The van der Waals surface area contributed by atoms with Crippen LogP contribution in [0, 0.1) is 18.8 Å². The van der Waals surface area contributed by atoms with Gasteiger partial charge in [0.2, 0.25) is 0 Å². The largest absolute Gasteiger partial charge is 0.0819 e. The molecule has 0 aliphatic heterocycles. The van der Waals surface area contributed by atoms with Crippen LogP contribution in [0.2, 0.25) is 0 Å². The van der Waals surface area contributed by atoms with E-state index < -0.39 is 0 Å². The SMILES string of the molecule is [CH2]C1=CC2CCCC2C1. The molecular weight excluding hydrogens is 108 g/mol. The number of rotatable bonds is 0. The third kappa shape index (κ3) is 0.810. The lowest BCUT2D eigenvalue weighted by Gasteiger charge is -2.05. The maximum atomic E-state index is 3.98. The quantitative estimate of drug-likeness (QED) is 0.462. The first-order valence-corrected chi connectivity index (χ1v) is 3.89. The molecule has 2 unspecified atom stereocenters. The van der Waals surface area contributed by atoms with Gasteiger partial charge in [-0.1, -0.05) is 18.1 Å². The first-order valence-electron chi connectivity index (χ1n) is 3.89. The normalized spacial score (nSPS) is 40.8. The molecule has 1 fully saturated rings. The minimum atomic E-state index is 0.928. The van der Waals surface area contributed by atoms with Gasteiger partial charge in [-0.25, -0.2) is 0 Å². The number of hydrogen-bond acceptors (Lipinski definition) is 0. The van der Waals surface area contributed by atoms with Gasteiger partial charge in [0.25, 0.3) is 0 Å². The summed E-state index contributed by atoms with van der Waals surface area (Å²) in [5, 5.41) is 0. The Kier molecular flexibility index (Phi) is 1.14. The second-order valence-electron chi connectivity index (χ2n) is 3.38. The fourth-order valence-corrected chi connectivity index (χ4v) is 2.25. The van der Waals surface area contributed by atoms with Crippen molar-refractivity contribution in [3.63, 3.8) is 0 Å². The van der Waals surface area contributed by atoms with E-state index in [2.05, 4.69) is 13.0 Å². The Hall–Kier alpha value is -0.260. The van der Waals surface area contributed by atoms with Gasteiger partial charge in [-0.15, -0.1) is 0 Å². The van der Waals surface area contributed by atoms with Crippen LogP contribution in [0.4, 0.5) is 0 Å². The Balaban J connectivity index is 2.13. The summed E-state index contributed by atoms with van der Waals surface area (Å²) in [6.45, 7) is 3.98. The Labute approximate surface area is 57.0 Å². The van der Waals surface area contributed by atoms with E-state index >= 15 is 0 Å². The van der Waals surface area contributed by atoms with E-state index in [1.807, 2.05) is 0 Å². The average molecular weight is 121 g/mol. The smallest absolute Gasteiger partial charge is 0.0199 e. The minimum Gasteiger partial charge on any atom is -0.0819 e. The van der Waals surface area contributed by atoms with Crippen LogP contribution in [0.15, 0.2) is 11.6 Å². The Morgan fingerprint density at radius 2 is 2.33 bits per heavy atom. The summed E-state index contributed by atoms with van der Waals surface area (Å²) < 4.78 is 0. The van der Waals surface area contributed by atoms with Crippen LogP contribution in [-0.2, 0) is 0 Å². The first kappa shape index (κ1) is 5.52. The Morgan fingerprint density at radius 3 is 3.11 bits per heavy atom. The van der Waals surface area contributed by atoms with E-state index in [0.29, 0.717) is 0 Å². The van der Waals surface area contributed by atoms with Gasteiger partial charge in [0.15, 0.2) is 0 Å². The highest BCUT2D eigenvalue weighted by Gasteiger charge is 2.29. The van der Waals surface area contributed by atoms with Crippen LogP contribution in [0.25, 0.3) is 0 Å². The van der Waals surface area contributed by atoms with Crippen LogP contribution in [0.3, 0.4) is 0 Å². The maximum Gasteiger partial charge on any atom is -0.0199 e. The molecule has 1 radical (unpaired) electrons. The molecule has 0 bridgehead atoms. The second-order valence-corrected chi connectivity index (χ2v) is 3.38. The van der Waals surface area contributed by atoms with Gasteiger partial charge in [0.1, 0.15) is 0 Å².